The minimum absolute atomic E-state index is 0.613. The molecule has 0 aliphatic rings. The molecular formula is C9H12N4S2. The van der Waals surface area contributed by atoms with Gasteiger partial charge in [0.15, 0.2) is 5.82 Å². The second-order valence-corrected chi connectivity index (χ2v) is 4.27. The van der Waals surface area contributed by atoms with Gasteiger partial charge >= 0.3 is 0 Å². The summed E-state index contributed by atoms with van der Waals surface area (Å²) in [6.45, 7) is 2.82. The maximum absolute atomic E-state index is 5.12. The largest absolute Gasteiger partial charge is 0.318 e. The fourth-order valence-corrected chi connectivity index (χ4v) is 2.18. The minimum atomic E-state index is 0.613. The molecule has 2 rings (SSSR count). The summed E-state index contributed by atoms with van der Waals surface area (Å²) >= 11 is 6.81. The zero-order valence-electron chi connectivity index (χ0n) is 8.36. The van der Waals surface area contributed by atoms with Crippen molar-refractivity contribution in [2.24, 2.45) is 0 Å². The predicted octanol–water partition coefficient (Wildman–Crippen LogP) is 2.31. The van der Waals surface area contributed by atoms with Crippen LogP contribution in [0.15, 0.2) is 16.8 Å². The molecule has 0 aromatic carbocycles. The number of rotatable bonds is 4. The lowest BCUT2D eigenvalue weighted by Gasteiger charge is -2.07. The predicted molar refractivity (Wildman–Crippen MR) is 64.2 cm³/mol. The first kappa shape index (κ1) is 10.4. The highest BCUT2D eigenvalue weighted by atomic mass is 32.1. The van der Waals surface area contributed by atoms with Gasteiger partial charge in [0.25, 0.3) is 0 Å². The number of aromatic amines is 1. The van der Waals surface area contributed by atoms with Crippen LogP contribution < -0.4 is 5.43 Å². The fourth-order valence-electron chi connectivity index (χ4n) is 1.29. The van der Waals surface area contributed by atoms with Crippen LogP contribution in [-0.2, 0) is 13.0 Å². The molecule has 0 spiro atoms. The number of thiophene rings is 1. The Balaban J connectivity index is 2.10. The van der Waals surface area contributed by atoms with Crippen LogP contribution in [0.1, 0.15) is 18.3 Å². The van der Waals surface area contributed by atoms with E-state index in [9.17, 15) is 0 Å². The van der Waals surface area contributed by atoms with E-state index in [2.05, 4.69) is 32.4 Å². The Hall–Kier alpha value is -1.14. The molecule has 2 aromatic heterocycles. The van der Waals surface area contributed by atoms with Crippen LogP contribution in [0, 0.1) is 4.77 Å². The monoisotopic (exact) mass is 240 g/mol. The third-order valence-corrected chi connectivity index (χ3v) is 3.09. The van der Waals surface area contributed by atoms with E-state index in [4.69, 9.17) is 12.2 Å². The Bertz CT molecular complexity index is 469. The number of hydrogen-bond donors (Lipinski definition) is 2. The molecule has 0 saturated heterocycles. The number of aromatic nitrogens is 3. The van der Waals surface area contributed by atoms with Crippen molar-refractivity contribution < 1.29 is 0 Å². The quantitative estimate of drug-likeness (QED) is 0.806. The van der Waals surface area contributed by atoms with Crippen molar-refractivity contribution in [1.82, 2.24) is 14.9 Å². The van der Waals surface area contributed by atoms with Crippen molar-refractivity contribution in [3.05, 3.63) is 33.0 Å². The number of nitrogens with one attached hydrogen (secondary N) is 2. The Kier molecular flexibility index (Phi) is 3.17. The molecule has 0 aliphatic heterocycles. The summed E-state index contributed by atoms with van der Waals surface area (Å²) in [5.41, 5.74) is 4.50. The van der Waals surface area contributed by atoms with E-state index >= 15 is 0 Å². The topological polar surface area (TPSA) is 45.6 Å². The van der Waals surface area contributed by atoms with Crippen molar-refractivity contribution in [3.63, 3.8) is 0 Å². The molecule has 0 atom stereocenters. The zero-order chi connectivity index (χ0) is 10.7. The van der Waals surface area contributed by atoms with Gasteiger partial charge in [-0.1, -0.05) is 6.92 Å². The first-order valence-corrected chi connectivity index (χ1v) is 6.07. The molecule has 2 aromatic rings. The summed E-state index contributed by atoms with van der Waals surface area (Å²) in [4.78, 5) is 0. The number of aryl methyl sites for hydroxylation is 1. The standard InChI is InChI=1S/C9H12N4S2/c1-2-8-11-12-9(14)13(8)10-5-7-3-4-15-6-7/h3-4,6,10H,2,5H2,1H3,(H,12,14). The van der Waals surface area contributed by atoms with Gasteiger partial charge in [-0.2, -0.15) is 16.4 Å². The molecule has 15 heavy (non-hydrogen) atoms. The average Bonchev–Trinajstić information content (AvgIpc) is 2.84. The van der Waals surface area contributed by atoms with E-state index in [-0.39, 0.29) is 0 Å². The van der Waals surface area contributed by atoms with Crippen molar-refractivity contribution in [3.8, 4) is 0 Å². The van der Waals surface area contributed by atoms with Gasteiger partial charge in [-0.05, 0) is 34.6 Å². The van der Waals surface area contributed by atoms with Crippen LogP contribution in [0.3, 0.4) is 0 Å². The summed E-state index contributed by atoms with van der Waals surface area (Å²) in [6, 6.07) is 2.09. The Morgan fingerprint density at radius 1 is 1.67 bits per heavy atom. The van der Waals surface area contributed by atoms with Crippen LogP contribution in [-0.4, -0.2) is 14.9 Å². The van der Waals surface area contributed by atoms with Crippen LogP contribution in [0.25, 0.3) is 0 Å². The molecule has 80 valence electrons. The Labute approximate surface area is 96.9 Å². The lowest BCUT2D eigenvalue weighted by molar-refractivity contribution is 0.764. The van der Waals surface area contributed by atoms with Gasteiger partial charge in [0.2, 0.25) is 4.77 Å². The van der Waals surface area contributed by atoms with E-state index in [0.29, 0.717) is 4.77 Å². The lowest BCUT2D eigenvalue weighted by atomic mass is 10.3. The van der Waals surface area contributed by atoms with Gasteiger partial charge in [0.05, 0.1) is 6.54 Å². The molecule has 0 bridgehead atoms. The average molecular weight is 240 g/mol. The molecular weight excluding hydrogens is 228 g/mol. The molecule has 0 radical (unpaired) electrons. The second kappa shape index (κ2) is 4.59. The first-order valence-electron chi connectivity index (χ1n) is 4.72. The van der Waals surface area contributed by atoms with E-state index < -0.39 is 0 Å². The summed E-state index contributed by atoms with van der Waals surface area (Å²) in [6.07, 6.45) is 0.851. The maximum atomic E-state index is 5.12. The smallest absolute Gasteiger partial charge is 0.214 e. The molecule has 2 heterocycles. The van der Waals surface area contributed by atoms with Crippen molar-refractivity contribution >= 4 is 23.6 Å². The van der Waals surface area contributed by atoms with E-state index in [1.807, 2.05) is 11.6 Å². The van der Waals surface area contributed by atoms with Gasteiger partial charge in [0.1, 0.15) is 0 Å². The highest BCUT2D eigenvalue weighted by molar-refractivity contribution is 7.71. The fraction of sp³-hybridized carbons (Fsp3) is 0.333. The van der Waals surface area contributed by atoms with Crippen molar-refractivity contribution in [2.75, 3.05) is 5.43 Å². The molecule has 2 N–H and O–H groups in total. The zero-order valence-corrected chi connectivity index (χ0v) is 9.99. The normalized spacial score (nSPS) is 10.5. The number of hydrogen-bond acceptors (Lipinski definition) is 4. The molecule has 4 nitrogen and oxygen atoms in total. The van der Waals surface area contributed by atoms with Crippen molar-refractivity contribution in [1.29, 1.82) is 0 Å². The molecule has 6 heteroatoms. The first-order chi connectivity index (χ1) is 7.31. The van der Waals surface area contributed by atoms with E-state index in [1.165, 1.54) is 5.56 Å². The van der Waals surface area contributed by atoms with Gasteiger partial charge in [-0.25, -0.2) is 4.68 Å². The lowest BCUT2D eigenvalue weighted by Crippen LogP contribution is -2.16. The van der Waals surface area contributed by atoms with Crippen LogP contribution >= 0.6 is 23.6 Å². The summed E-state index contributed by atoms with van der Waals surface area (Å²) in [5.74, 6) is 0.926. The third kappa shape index (κ3) is 2.27. The third-order valence-electron chi connectivity index (χ3n) is 2.08. The minimum Gasteiger partial charge on any atom is -0.318 e. The maximum Gasteiger partial charge on any atom is 0.214 e. The number of H-pyrrole nitrogens is 1. The molecule has 0 saturated carbocycles. The van der Waals surface area contributed by atoms with Crippen LogP contribution in [0.5, 0.6) is 0 Å². The van der Waals surface area contributed by atoms with Gasteiger partial charge in [-0.3, -0.25) is 5.10 Å². The van der Waals surface area contributed by atoms with Gasteiger partial charge < -0.3 is 5.43 Å². The summed E-state index contributed by atoms with van der Waals surface area (Å²) in [7, 11) is 0. The van der Waals surface area contributed by atoms with Gasteiger partial charge in [-0.15, -0.1) is 0 Å². The summed E-state index contributed by atoms with van der Waals surface area (Å²) < 4.78 is 2.44. The Morgan fingerprint density at radius 2 is 2.53 bits per heavy atom. The Morgan fingerprint density at radius 3 is 3.20 bits per heavy atom. The van der Waals surface area contributed by atoms with E-state index in [1.54, 1.807) is 11.3 Å². The highest BCUT2D eigenvalue weighted by Gasteiger charge is 2.02. The van der Waals surface area contributed by atoms with Gasteiger partial charge in [0, 0.05) is 6.42 Å². The molecule has 0 fully saturated rings. The van der Waals surface area contributed by atoms with Crippen molar-refractivity contribution in [2.45, 2.75) is 19.9 Å². The number of nitrogens with zero attached hydrogens (tertiary/aromatic N) is 2. The summed E-state index contributed by atoms with van der Waals surface area (Å²) in [5, 5.41) is 11.1. The SMILES string of the molecule is CCc1n[nH]c(=S)n1NCc1ccsc1. The van der Waals surface area contributed by atoms with E-state index in [0.717, 1.165) is 18.8 Å². The molecule has 0 unspecified atom stereocenters. The second-order valence-electron chi connectivity index (χ2n) is 3.10. The van der Waals surface area contributed by atoms with Crippen LogP contribution in [0.2, 0.25) is 0 Å². The van der Waals surface area contributed by atoms with Crippen LogP contribution in [0.4, 0.5) is 0 Å². The molecule has 0 amide bonds. The highest BCUT2D eigenvalue weighted by Crippen LogP contribution is 2.06. The molecule has 0 aliphatic carbocycles.